The van der Waals surface area contributed by atoms with Crippen molar-refractivity contribution in [3.8, 4) is 0 Å². The van der Waals surface area contributed by atoms with Gasteiger partial charge in [-0.1, -0.05) is 43.2 Å². The number of nitrogens with two attached hydrogens (primary N) is 1. The highest BCUT2D eigenvalue weighted by Crippen LogP contribution is 2.35. The van der Waals surface area contributed by atoms with Crippen molar-refractivity contribution in [3.63, 3.8) is 0 Å². The molecule has 110 valence electrons. The number of fused-ring (bicyclic) bond motifs is 1. The van der Waals surface area contributed by atoms with Crippen molar-refractivity contribution in [1.29, 1.82) is 0 Å². The average Bonchev–Trinajstić information content (AvgIpc) is 2.53. The van der Waals surface area contributed by atoms with E-state index in [1.807, 2.05) is 0 Å². The highest BCUT2D eigenvalue weighted by molar-refractivity contribution is 5.19. The lowest BCUT2D eigenvalue weighted by molar-refractivity contribution is -0.104. The Balaban J connectivity index is 1.82. The van der Waals surface area contributed by atoms with Gasteiger partial charge in [-0.25, -0.2) is 0 Å². The predicted molar refractivity (Wildman–Crippen MR) is 81.6 cm³/mol. The molecule has 2 fully saturated rings. The van der Waals surface area contributed by atoms with Gasteiger partial charge >= 0.3 is 0 Å². The first-order valence-electron chi connectivity index (χ1n) is 8.02. The van der Waals surface area contributed by atoms with E-state index in [9.17, 15) is 0 Å². The van der Waals surface area contributed by atoms with E-state index >= 15 is 0 Å². The first kappa shape index (κ1) is 14.1. The first-order valence-corrected chi connectivity index (χ1v) is 8.02. The van der Waals surface area contributed by atoms with E-state index in [0.717, 1.165) is 26.1 Å². The van der Waals surface area contributed by atoms with Crippen molar-refractivity contribution in [3.05, 3.63) is 35.9 Å². The van der Waals surface area contributed by atoms with E-state index in [1.165, 1.54) is 31.2 Å². The summed E-state index contributed by atoms with van der Waals surface area (Å²) in [6.07, 6.45) is 6.64. The number of ether oxygens (including phenoxy) is 1. The van der Waals surface area contributed by atoms with Crippen molar-refractivity contribution < 1.29 is 4.74 Å². The fourth-order valence-electron chi connectivity index (χ4n) is 3.87. The van der Waals surface area contributed by atoms with Crippen LogP contribution >= 0.6 is 0 Å². The fourth-order valence-corrected chi connectivity index (χ4v) is 3.87. The minimum absolute atomic E-state index is 0.446. The van der Waals surface area contributed by atoms with Gasteiger partial charge in [0, 0.05) is 18.6 Å². The molecule has 0 spiro atoms. The van der Waals surface area contributed by atoms with Crippen LogP contribution in [0.15, 0.2) is 30.3 Å². The summed E-state index contributed by atoms with van der Waals surface area (Å²) in [5.74, 6) is 0. The van der Waals surface area contributed by atoms with Gasteiger partial charge in [0.25, 0.3) is 0 Å². The zero-order chi connectivity index (χ0) is 13.8. The number of morpholine rings is 1. The van der Waals surface area contributed by atoms with Gasteiger partial charge in [-0.05, 0) is 31.4 Å². The van der Waals surface area contributed by atoms with E-state index in [0.29, 0.717) is 18.2 Å². The average molecular weight is 274 g/mol. The van der Waals surface area contributed by atoms with Gasteiger partial charge in [-0.15, -0.1) is 0 Å². The molecule has 2 aliphatic rings. The van der Waals surface area contributed by atoms with Crippen molar-refractivity contribution in [2.45, 2.75) is 50.3 Å². The third-order valence-electron chi connectivity index (χ3n) is 4.80. The zero-order valence-corrected chi connectivity index (χ0v) is 12.2. The summed E-state index contributed by atoms with van der Waals surface area (Å²) in [4.78, 5) is 2.68. The topological polar surface area (TPSA) is 38.5 Å². The molecule has 0 bridgehead atoms. The third kappa shape index (κ3) is 2.90. The van der Waals surface area contributed by atoms with Crippen molar-refractivity contribution in [2.75, 3.05) is 19.7 Å². The minimum atomic E-state index is 0.446. The number of rotatable bonds is 4. The van der Waals surface area contributed by atoms with E-state index in [1.54, 1.807) is 0 Å². The lowest BCUT2D eigenvalue weighted by Crippen LogP contribution is -2.53. The Morgan fingerprint density at radius 2 is 2.00 bits per heavy atom. The molecule has 1 aromatic rings. The van der Waals surface area contributed by atoms with Crippen LogP contribution in [0.2, 0.25) is 0 Å². The maximum Gasteiger partial charge on any atom is 0.0731 e. The van der Waals surface area contributed by atoms with E-state index in [2.05, 4.69) is 35.2 Å². The molecule has 1 saturated heterocycles. The predicted octanol–water partition coefficient (Wildman–Crippen LogP) is 2.72. The Bertz CT molecular complexity index is 407. The zero-order valence-electron chi connectivity index (χ0n) is 12.2. The molecule has 1 aromatic carbocycles. The van der Waals surface area contributed by atoms with E-state index in [-0.39, 0.29) is 0 Å². The summed E-state index contributed by atoms with van der Waals surface area (Å²) in [5, 5.41) is 0. The molecule has 1 aliphatic carbocycles. The van der Waals surface area contributed by atoms with Crippen LogP contribution < -0.4 is 5.73 Å². The largest absolute Gasteiger partial charge is 0.375 e. The number of benzene rings is 1. The lowest BCUT2D eigenvalue weighted by atomic mass is 9.87. The summed E-state index contributed by atoms with van der Waals surface area (Å²) in [6.45, 7) is 2.66. The SMILES string of the molecule is NCCC(c1ccccc1)N1CCOC2CCCCC21. The van der Waals surface area contributed by atoms with Crippen LogP contribution in [0, 0.1) is 0 Å². The van der Waals surface area contributed by atoms with Crippen molar-refractivity contribution in [2.24, 2.45) is 5.73 Å². The quantitative estimate of drug-likeness (QED) is 0.917. The summed E-state index contributed by atoms with van der Waals surface area (Å²) in [7, 11) is 0. The second kappa shape index (κ2) is 6.70. The van der Waals surface area contributed by atoms with E-state index in [4.69, 9.17) is 10.5 Å². The Morgan fingerprint density at radius 3 is 2.80 bits per heavy atom. The summed E-state index contributed by atoms with van der Waals surface area (Å²) in [6, 6.07) is 11.9. The molecule has 3 heteroatoms. The van der Waals surface area contributed by atoms with Crippen LogP contribution in [0.3, 0.4) is 0 Å². The van der Waals surface area contributed by atoms with Crippen LogP contribution in [0.5, 0.6) is 0 Å². The second-order valence-electron chi connectivity index (χ2n) is 6.00. The van der Waals surface area contributed by atoms with Crippen molar-refractivity contribution in [1.82, 2.24) is 4.90 Å². The van der Waals surface area contributed by atoms with Gasteiger partial charge in [0.2, 0.25) is 0 Å². The van der Waals surface area contributed by atoms with Crippen LogP contribution in [0.4, 0.5) is 0 Å². The van der Waals surface area contributed by atoms with Crippen LogP contribution in [-0.2, 0) is 4.74 Å². The molecule has 3 atom stereocenters. The highest BCUT2D eigenvalue weighted by Gasteiger charge is 2.37. The highest BCUT2D eigenvalue weighted by atomic mass is 16.5. The molecule has 0 amide bonds. The maximum atomic E-state index is 6.00. The van der Waals surface area contributed by atoms with Gasteiger partial charge in [0.05, 0.1) is 12.7 Å². The summed E-state index contributed by atoms with van der Waals surface area (Å²) < 4.78 is 6.00. The first-order chi connectivity index (χ1) is 9.90. The maximum absolute atomic E-state index is 6.00. The molecule has 0 radical (unpaired) electrons. The molecule has 1 saturated carbocycles. The molecule has 3 nitrogen and oxygen atoms in total. The molecular weight excluding hydrogens is 248 g/mol. The van der Waals surface area contributed by atoms with Gasteiger partial charge in [-0.2, -0.15) is 0 Å². The molecule has 20 heavy (non-hydrogen) atoms. The Morgan fingerprint density at radius 1 is 1.20 bits per heavy atom. The summed E-state index contributed by atoms with van der Waals surface area (Å²) in [5.41, 5.74) is 7.29. The standard InChI is InChI=1S/C17H26N2O/c18-11-10-15(14-6-2-1-3-7-14)19-12-13-20-17-9-5-4-8-16(17)19/h1-3,6-7,15-17H,4-5,8-13,18H2. The van der Waals surface area contributed by atoms with E-state index < -0.39 is 0 Å². The molecule has 3 rings (SSSR count). The molecular formula is C17H26N2O. The number of nitrogens with zero attached hydrogens (tertiary/aromatic N) is 1. The monoisotopic (exact) mass is 274 g/mol. The van der Waals surface area contributed by atoms with Crippen LogP contribution in [-0.4, -0.2) is 36.7 Å². The Labute approximate surface area is 122 Å². The minimum Gasteiger partial charge on any atom is -0.375 e. The normalized spacial score (nSPS) is 28.9. The third-order valence-corrected chi connectivity index (χ3v) is 4.80. The molecule has 1 heterocycles. The van der Waals surface area contributed by atoms with Gasteiger partial charge in [-0.3, -0.25) is 4.90 Å². The molecule has 1 aliphatic heterocycles. The Kier molecular flexibility index (Phi) is 4.71. The molecule has 2 N–H and O–H groups in total. The van der Waals surface area contributed by atoms with Gasteiger partial charge in [0.1, 0.15) is 0 Å². The Hall–Kier alpha value is -0.900. The van der Waals surface area contributed by atoms with Gasteiger partial charge in [0.15, 0.2) is 0 Å². The number of hydrogen-bond acceptors (Lipinski definition) is 3. The second-order valence-corrected chi connectivity index (χ2v) is 6.00. The van der Waals surface area contributed by atoms with Crippen LogP contribution in [0.1, 0.15) is 43.7 Å². The van der Waals surface area contributed by atoms with Crippen LogP contribution in [0.25, 0.3) is 0 Å². The van der Waals surface area contributed by atoms with Gasteiger partial charge < -0.3 is 10.5 Å². The smallest absolute Gasteiger partial charge is 0.0731 e. The molecule has 3 unspecified atom stereocenters. The number of hydrogen-bond donors (Lipinski definition) is 1. The molecule has 0 aromatic heterocycles. The summed E-state index contributed by atoms with van der Waals surface area (Å²) >= 11 is 0. The lowest BCUT2D eigenvalue weighted by Gasteiger charge is -2.47. The fraction of sp³-hybridized carbons (Fsp3) is 0.647. The van der Waals surface area contributed by atoms with Crippen molar-refractivity contribution >= 4 is 0 Å².